The number of nitrogens with one attached hydrogen (secondary N) is 1. The third kappa shape index (κ3) is 6.58. The second-order valence-electron chi connectivity index (χ2n) is 4.81. The molecular weight excluding hydrogens is 251 g/mol. The van der Waals surface area contributed by atoms with E-state index in [1.165, 1.54) is 11.3 Å². The van der Waals surface area contributed by atoms with Gasteiger partial charge in [0.25, 0.3) is 0 Å². The predicted octanol–water partition coefficient (Wildman–Crippen LogP) is 2.92. The van der Waals surface area contributed by atoms with Gasteiger partial charge in [-0.1, -0.05) is 0 Å². The summed E-state index contributed by atoms with van der Waals surface area (Å²) >= 11 is 1.23. The van der Waals surface area contributed by atoms with E-state index in [0.29, 0.717) is 11.6 Å². The van der Waals surface area contributed by atoms with Gasteiger partial charge in [-0.15, -0.1) is 21.5 Å². The van der Waals surface area contributed by atoms with Crippen molar-refractivity contribution in [3.63, 3.8) is 0 Å². The molecule has 98 valence electrons. The Morgan fingerprint density at radius 3 is 2.24 bits per heavy atom. The number of nitrogens with zero attached hydrogens (tertiary/aromatic N) is 2. The second-order valence-corrected chi connectivity index (χ2v) is 5.95. The van der Waals surface area contributed by atoms with Gasteiger partial charge in [0.1, 0.15) is 10.0 Å². The molecule has 0 atom stereocenters. The molecule has 0 unspecified atom stereocenters. The minimum atomic E-state index is -4.13. The Labute approximate surface area is 102 Å². The minimum Gasteiger partial charge on any atom is -0.306 e. The van der Waals surface area contributed by atoms with Crippen LogP contribution in [0.25, 0.3) is 0 Å². The average Bonchev–Trinajstić information content (AvgIpc) is 2.57. The van der Waals surface area contributed by atoms with Crippen LogP contribution in [0.15, 0.2) is 0 Å². The number of rotatable bonds is 4. The van der Waals surface area contributed by atoms with Crippen molar-refractivity contribution < 1.29 is 13.2 Å². The smallest absolute Gasteiger partial charge is 0.306 e. The monoisotopic (exact) mass is 267 g/mol. The molecule has 0 aromatic carbocycles. The first-order chi connectivity index (χ1) is 7.66. The van der Waals surface area contributed by atoms with Crippen LogP contribution in [0, 0.1) is 0 Å². The zero-order valence-electron chi connectivity index (χ0n) is 10.1. The highest BCUT2D eigenvalue weighted by Crippen LogP contribution is 2.23. The van der Waals surface area contributed by atoms with Crippen LogP contribution < -0.4 is 5.32 Å². The molecule has 17 heavy (non-hydrogen) atoms. The van der Waals surface area contributed by atoms with Gasteiger partial charge in [-0.2, -0.15) is 13.2 Å². The summed E-state index contributed by atoms with van der Waals surface area (Å²) in [7, 11) is 0. The fourth-order valence-electron chi connectivity index (χ4n) is 1.05. The lowest BCUT2D eigenvalue weighted by molar-refractivity contribution is -0.134. The Bertz CT molecular complexity index is 322. The van der Waals surface area contributed by atoms with E-state index < -0.39 is 12.6 Å². The van der Waals surface area contributed by atoms with Gasteiger partial charge in [0.05, 0.1) is 6.54 Å². The number of hydrogen-bond donors (Lipinski definition) is 1. The maximum absolute atomic E-state index is 12.0. The van der Waals surface area contributed by atoms with Crippen molar-refractivity contribution in [3.8, 4) is 0 Å². The molecule has 0 aliphatic rings. The van der Waals surface area contributed by atoms with Crippen LogP contribution >= 0.6 is 11.3 Å². The summed E-state index contributed by atoms with van der Waals surface area (Å²) in [6.45, 7) is 6.57. The Morgan fingerprint density at radius 2 is 1.71 bits per heavy atom. The first-order valence-electron chi connectivity index (χ1n) is 5.29. The first kappa shape index (κ1) is 14.4. The summed E-state index contributed by atoms with van der Waals surface area (Å²) in [6.07, 6.45) is -5.06. The quantitative estimate of drug-likeness (QED) is 0.911. The molecule has 0 saturated carbocycles. The maximum atomic E-state index is 12.0. The average molecular weight is 267 g/mol. The minimum absolute atomic E-state index is 0.0438. The van der Waals surface area contributed by atoms with E-state index in [1.54, 1.807) is 0 Å². The molecule has 1 aromatic heterocycles. The van der Waals surface area contributed by atoms with Crippen LogP contribution in [0.5, 0.6) is 0 Å². The van der Waals surface area contributed by atoms with Crippen LogP contribution in [-0.2, 0) is 13.0 Å². The summed E-state index contributed by atoms with van der Waals surface area (Å²) < 4.78 is 36.0. The summed E-state index contributed by atoms with van der Waals surface area (Å²) in [5.41, 5.74) is -0.0438. The SMILES string of the molecule is CC(C)(C)NCc1nnc(CCC(F)(F)F)s1. The normalized spacial score (nSPS) is 13.1. The van der Waals surface area contributed by atoms with Gasteiger partial charge in [0, 0.05) is 18.4 Å². The Kier molecular flexibility index (Phi) is 4.48. The molecule has 1 N–H and O–H groups in total. The van der Waals surface area contributed by atoms with Gasteiger partial charge >= 0.3 is 6.18 Å². The van der Waals surface area contributed by atoms with Gasteiger partial charge in [0.15, 0.2) is 0 Å². The lowest BCUT2D eigenvalue weighted by Gasteiger charge is -2.19. The van der Waals surface area contributed by atoms with Crippen molar-refractivity contribution in [2.24, 2.45) is 0 Å². The van der Waals surface area contributed by atoms with E-state index in [2.05, 4.69) is 15.5 Å². The molecule has 0 radical (unpaired) electrons. The Morgan fingerprint density at radius 1 is 1.12 bits per heavy atom. The van der Waals surface area contributed by atoms with Crippen molar-refractivity contribution in [1.82, 2.24) is 15.5 Å². The van der Waals surface area contributed by atoms with Gasteiger partial charge in [-0.05, 0) is 20.8 Å². The summed E-state index contributed by atoms with van der Waals surface area (Å²) in [5.74, 6) is 0. The molecule has 1 rings (SSSR count). The van der Waals surface area contributed by atoms with E-state index in [4.69, 9.17) is 0 Å². The van der Waals surface area contributed by atoms with Crippen LogP contribution in [0.2, 0.25) is 0 Å². The number of alkyl halides is 3. The molecule has 7 heteroatoms. The van der Waals surface area contributed by atoms with Crippen molar-refractivity contribution >= 4 is 11.3 Å². The molecule has 1 aromatic rings. The summed E-state index contributed by atoms with van der Waals surface area (Å²) in [4.78, 5) is 0. The fraction of sp³-hybridized carbons (Fsp3) is 0.800. The number of aryl methyl sites for hydroxylation is 1. The molecule has 0 amide bonds. The molecular formula is C10H16F3N3S. The zero-order chi connectivity index (χ0) is 13.1. The second kappa shape index (κ2) is 5.30. The highest BCUT2D eigenvalue weighted by molar-refractivity contribution is 7.11. The van der Waals surface area contributed by atoms with E-state index in [1.807, 2.05) is 20.8 Å². The molecule has 0 spiro atoms. The van der Waals surface area contributed by atoms with Crippen molar-refractivity contribution in [1.29, 1.82) is 0 Å². The Balaban J connectivity index is 2.43. The molecule has 1 heterocycles. The molecule has 3 nitrogen and oxygen atoms in total. The molecule has 0 aliphatic carbocycles. The maximum Gasteiger partial charge on any atom is 0.389 e. The number of halogens is 3. The third-order valence-electron chi connectivity index (χ3n) is 1.90. The lowest BCUT2D eigenvalue weighted by atomic mass is 10.1. The highest BCUT2D eigenvalue weighted by Gasteiger charge is 2.27. The summed E-state index contributed by atoms with van der Waals surface area (Å²) in [5, 5.41) is 12.0. The Hall–Kier alpha value is -0.690. The number of hydrogen-bond acceptors (Lipinski definition) is 4. The fourth-order valence-corrected chi connectivity index (χ4v) is 1.83. The van der Waals surface area contributed by atoms with Gasteiger partial charge in [-0.3, -0.25) is 0 Å². The zero-order valence-corrected chi connectivity index (χ0v) is 10.9. The van der Waals surface area contributed by atoms with E-state index >= 15 is 0 Å². The van der Waals surface area contributed by atoms with E-state index in [9.17, 15) is 13.2 Å². The van der Waals surface area contributed by atoms with Gasteiger partial charge < -0.3 is 5.32 Å². The molecule has 0 fully saturated rings. The van der Waals surface area contributed by atoms with Crippen LogP contribution in [-0.4, -0.2) is 21.9 Å². The molecule has 0 bridgehead atoms. The van der Waals surface area contributed by atoms with E-state index in [0.717, 1.165) is 5.01 Å². The van der Waals surface area contributed by atoms with Crippen molar-refractivity contribution in [3.05, 3.63) is 10.0 Å². The standard InChI is InChI=1S/C10H16F3N3S/c1-9(2,3)14-6-8-16-15-7(17-8)4-5-10(11,12)13/h14H,4-6H2,1-3H3. The number of aromatic nitrogens is 2. The first-order valence-corrected chi connectivity index (χ1v) is 6.10. The van der Waals surface area contributed by atoms with Gasteiger partial charge in [-0.25, -0.2) is 0 Å². The van der Waals surface area contributed by atoms with Crippen LogP contribution in [0.4, 0.5) is 13.2 Å². The predicted molar refractivity (Wildman–Crippen MR) is 60.9 cm³/mol. The van der Waals surface area contributed by atoms with E-state index in [-0.39, 0.29) is 12.0 Å². The highest BCUT2D eigenvalue weighted by atomic mass is 32.1. The topological polar surface area (TPSA) is 37.8 Å². The van der Waals surface area contributed by atoms with Crippen molar-refractivity contribution in [2.45, 2.75) is 51.9 Å². The largest absolute Gasteiger partial charge is 0.389 e. The third-order valence-corrected chi connectivity index (χ3v) is 2.88. The van der Waals surface area contributed by atoms with Crippen LogP contribution in [0.1, 0.15) is 37.2 Å². The lowest BCUT2D eigenvalue weighted by Crippen LogP contribution is -2.35. The molecule has 0 aliphatic heterocycles. The van der Waals surface area contributed by atoms with Crippen molar-refractivity contribution in [2.75, 3.05) is 0 Å². The molecule has 0 saturated heterocycles. The van der Waals surface area contributed by atoms with Crippen LogP contribution in [0.3, 0.4) is 0 Å². The van der Waals surface area contributed by atoms with Gasteiger partial charge in [0.2, 0.25) is 0 Å². The summed E-state index contributed by atoms with van der Waals surface area (Å²) in [6, 6.07) is 0.